The van der Waals surface area contributed by atoms with E-state index >= 15 is 0 Å². The Hall–Kier alpha value is -0.210. The average molecular weight is 282 g/mol. The second-order valence-corrected chi connectivity index (χ2v) is 6.12. The van der Waals surface area contributed by atoms with E-state index in [2.05, 4.69) is 5.09 Å². The predicted octanol–water partition coefficient (Wildman–Crippen LogP) is 3.79. The molecule has 1 aromatic carbocycles. The fourth-order valence-corrected chi connectivity index (χ4v) is 3.46. The molecule has 0 amide bonds. The first-order chi connectivity index (χ1) is 7.70. The van der Waals surface area contributed by atoms with E-state index in [1.165, 1.54) is 0 Å². The quantitative estimate of drug-likeness (QED) is 0.611. The van der Waals surface area contributed by atoms with Crippen molar-refractivity contribution in [3.05, 3.63) is 30.3 Å². The van der Waals surface area contributed by atoms with Crippen molar-refractivity contribution >= 4 is 36.4 Å². The maximum Gasteiger partial charge on any atom is 0.295 e. The number of hydrogen-bond acceptors (Lipinski definition) is 2. The van der Waals surface area contributed by atoms with Gasteiger partial charge in [0, 0.05) is 17.4 Å². The van der Waals surface area contributed by atoms with Crippen molar-refractivity contribution in [3.8, 4) is 0 Å². The number of halogens is 2. The summed E-state index contributed by atoms with van der Waals surface area (Å²) >= 11 is 11.1. The van der Waals surface area contributed by atoms with Crippen molar-refractivity contribution in [2.24, 2.45) is 0 Å². The molecule has 6 heteroatoms. The highest BCUT2D eigenvalue weighted by Crippen LogP contribution is 2.46. The fourth-order valence-electron chi connectivity index (χ4n) is 1.16. The minimum Gasteiger partial charge on any atom is -0.315 e. The highest BCUT2D eigenvalue weighted by Gasteiger charge is 2.21. The third kappa shape index (κ3) is 4.75. The molecule has 16 heavy (non-hydrogen) atoms. The standard InChI is InChI=1S/C10H14Cl2NO2P/c11-6-8-15-16(14,9-7-12)13-10-4-2-1-3-5-10/h1-5H,6-9H2,(H,13,14). The molecule has 1 atom stereocenters. The minimum atomic E-state index is -2.92. The van der Waals surface area contributed by atoms with Gasteiger partial charge in [-0.1, -0.05) is 18.2 Å². The van der Waals surface area contributed by atoms with E-state index < -0.39 is 7.52 Å². The molecule has 0 radical (unpaired) electrons. The van der Waals surface area contributed by atoms with E-state index in [1.54, 1.807) is 0 Å². The third-order valence-corrected chi connectivity index (χ3v) is 4.45. The van der Waals surface area contributed by atoms with Gasteiger partial charge in [0.05, 0.1) is 12.8 Å². The smallest absolute Gasteiger partial charge is 0.295 e. The normalized spacial score (nSPS) is 14.4. The number of nitrogens with one attached hydrogen (secondary N) is 1. The molecule has 90 valence electrons. The molecular formula is C10H14Cl2NO2P. The summed E-state index contributed by atoms with van der Waals surface area (Å²) in [5.41, 5.74) is 0.755. The van der Waals surface area contributed by atoms with Crippen molar-refractivity contribution in [1.82, 2.24) is 0 Å². The van der Waals surface area contributed by atoms with Crippen molar-refractivity contribution in [3.63, 3.8) is 0 Å². The molecule has 0 aliphatic heterocycles. The first-order valence-electron chi connectivity index (χ1n) is 4.89. The van der Waals surface area contributed by atoms with Crippen LogP contribution in [0.1, 0.15) is 0 Å². The lowest BCUT2D eigenvalue weighted by atomic mass is 10.3. The van der Waals surface area contributed by atoms with Gasteiger partial charge in [-0.3, -0.25) is 4.57 Å². The van der Waals surface area contributed by atoms with Crippen LogP contribution in [0.2, 0.25) is 0 Å². The van der Waals surface area contributed by atoms with Crippen LogP contribution in [0, 0.1) is 0 Å². The number of alkyl halides is 2. The molecule has 1 unspecified atom stereocenters. The van der Waals surface area contributed by atoms with Crippen LogP contribution in [0.5, 0.6) is 0 Å². The van der Waals surface area contributed by atoms with Gasteiger partial charge in [-0.25, -0.2) is 0 Å². The summed E-state index contributed by atoms with van der Waals surface area (Å²) in [6, 6.07) is 9.25. The van der Waals surface area contributed by atoms with Crippen LogP contribution >= 0.6 is 30.7 Å². The molecule has 1 aromatic rings. The number of benzene rings is 1. The maximum atomic E-state index is 12.3. The molecule has 0 aliphatic rings. The Bertz CT molecular complexity index is 348. The molecular weight excluding hydrogens is 268 g/mol. The van der Waals surface area contributed by atoms with Crippen LogP contribution < -0.4 is 5.09 Å². The Balaban J connectivity index is 2.67. The van der Waals surface area contributed by atoms with Gasteiger partial charge in [-0.15, -0.1) is 23.2 Å². The fraction of sp³-hybridized carbons (Fsp3) is 0.400. The zero-order valence-electron chi connectivity index (χ0n) is 8.73. The molecule has 0 saturated carbocycles. The van der Waals surface area contributed by atoms with Crippen LogP contribution in [-0.2, 0) is 9.09 Å². The summed E-state index contributed by atoms with van der Waals surface area (Å²) in [7, 11) is -2.92. The van der Waals surface area contributed by atoms with E-state index in [0.717, 1.165) is 5.69 Å². The van der Waals surface area contributed by atoms with Gasteiger partial charge in [-0.05, 0) is 12.1 Å². The molecule has 3 nitrogen and oxygen atoms in total. The molecule has 0 heterocycles. The summed E-state index contributed by atoms with van der Waals surface area (Å²) in [6.07, 6.45) is 0.278. The Labute approximate surface area is 106 Å². The van der Waals surface area contributed by atoms with Crippen LogP contribution in [0.3, 0.4) is 0 Å². The van der Waals surface area contributed by atoms with Crippen molar-refractivity contribution in [2.45, 2.75) is 0 Å². The van der Waals surface area contributed by atoms with Crippen LogP contribution in [0.25, 0.3) is 0 Å². The van der Waals surface area contributed by atoms with Crippen LogP contribution in [0.15, 0.2) is 30.3 Å². The Kier molecular flexibility index (Phi) is 6.22. The number of rotatable bonds is 7. The van der Waals surface area contributed by atoms with E-state index in [1.807, 2.05) is 30.3 Å². The summed E-state index contributed by atoms with van der Waals surface area (Å²) in [5, 5.41) is 2.88. The lowest BCUT2D eigenvalue weighted by molar-refractivity contribution is 0.340. The van der Waals surface area contributed by atoms with Gasteiger partial charge in [0.15, 0.2) is 0 Å². The van der Waals surface area contributed by atoms with Crippen LogP contribution in [-0.4, -0.2) is 24.5 Å². The molecule has 0 bridgehead atoms. The highest BCUT2D eigenvalue weighted by atomic mass is 35.5. The first kappa shape index (κ1) is 13.9. The molecule has 1 rings (SSSR count). The second kappa shape index (κ2) is 7.18. The van der Waals surface area contributed by atoms with Gasteiger partial charge < -0.3 is 9.61 Å². The minimum absolute atomic E-state index is 0.246. The Morgan fingerprint density at radius 2 is 1.88 bits per heavy atom. The lowest BCUT2D eigenvalue weighted by Crippen LogP contribution is -2.07. The molecule has 0 aliphatic carbocycles. The average Bonchev–Trinajstić information content (AvgIpc) is 2.28. The SMILES string of the molecule is O=P(CCCl)(Nc1ccccc1)OCCCl. The van der Waals surface area contributed by atoms with Crippen molar-refractivity contribution in [1.29, 1.82) is 0 Å². The van der Waals surface area contributed by atoms with E-state index in [9.17, 15) is 4.57 Å². The number of anilines is 1. The molecule has 0 fully saturated rings. The highest BCUT2D eigenvalue weighted by molar-refractivity contribution is 7.60. The van der Waals surface area contributed by atoms with Gasteiger partial charge in [0.2, 0.25) is 0 Å². The lowest BCUT2D eigenvalue weighted by Gasteiger charge is -2.19. The van der Waals surface area contributed by atoms with Gasteiger partial charge in [0.25, 0.3) is 7.52 Å². The third-order valence-electron chi connectivity index (χ3n) is 1.83. The Morgan fingerprint density at radius 3 is 2.44 bits per heavy atom. The largest absolute Gasteiger partial charge is 0.315 e. The van der Waals surface area contributed by atoms with Crippen molar-refractivity contribution < 1.29 is 9.09 Å². The van der Waals surface area contributed by atoms with Gasteiger partial charge in [-0.2, -0.15) is 0 Å². The summed E-state index contributed by atoms with van der Waals surface area (Å²) in [6.45, 7) is 0.246. The zero-order valence-corrected chi connectivity index (χ0v) is 11.1. The number of hydrogen-bond donors (Lipinski definition) is 1. The van der Waals surface area contributed by atoms with E-state index in [0.29, 0.717) is 5.88 Å². The van der Waals surface area contributed by atoms with Gasteiger partial charge in [0.1, 0.15) is 0 Å². The monoisotopic (exact) mass is 281 g/mol. The van der Waals surface area contributed by atoms with Gasteiger partial charge >= 0.3 is 0 Å². The zero-order chi connectivity index (χ0) is 11.9. The molecule has 0 spiro atoms. The maximum absolute atomic E-state index is 12.3. The Morgan fingerprint density at radius 1 is 1.19 bits per heavy atom. The molecule has 0 saturated heterocycles. The molecule has 1 N–H and O–H groups in total. The summed E-state index contributed by atoms with van der Waals surface area (Å²) in [5.74, 6) is 0.585. The van der Waals surface area contributed by atoms with E-state index in [4.69, 9.17) is 27.7 Å². The van der Waals surface area contributed by atoms with E-state index in [-0.39, 0.29) is 18.6 Å². The topological polar surface area (TPSA) is 38.3 Å². The van der Waals surface area contributed by atoms with Crippen molar-refractivity contribution in [2.75, 3.05) is 29.6 Å². The first-order valence-corrected chi connectivity index (χ1v) is 7.77. The summed E-state index contributed by atoms with van der Waals surface area (Å²) < 4.78 is 17.5. The van der Waals surface area contributed by atoms with Crippen LogP contribution in [0.4, 0.5) is 5.69 Å². The predicted molar refractivity (Wildman–Crippen MR) is 69.9 cm³/mol. The molecule has 0 aromatic heterocycles. The number of para-hydroxylation sites is 1. The summed E-state index contributed by atoms with van der Waals surface area (Å²) in [4.78, 5) is 0. The second-order valence-electron chi connectivity index (χ2n) is 3.09.